The molecule has 1 unspecified atom stereocenters. The Bertz CT molecular complexity index is 501. The minimum atomic E-state index is -0.437. The van der Waals surface area contributed by atoms with Crippen LogP contribution in [-0.4, -0.2) is 36.0 Å². The Balaban J connectivity index is 0.00000264. The third-order valence-electron chi connectivity index (χ3n) is 4.61. The van der Waals surface area contributed by atoms with Crippen LogP contribution in [0.4, 0.5) is 5.69 Å². The number of nitrogens with zero attached hydrogens (tertiary/aromatic N) is 1. The molecule has 24 heavy (non-hydrogen) atoms. The molecule has 138 valence electrons. The number of halogens is 2. The summed E-state index contributed by atoms with van der Waals surface area (Å²) in [7, 11) is 0. The first-order valence-electron chi connectivity index (χ1n) is 8.45. The number of piperidine rings is 1. The highest BCUT2D eigenvalue weighted by molar-refractivity contribution is 5.97. The van der Waals surface area contributed by atoms with Crippen LogP contribution in [0.2, 0.25) is 0 Å². The molecule has 4 nitrogen and oxygen atoms in total. The molecule has 0 aromatic heterocycles. The van der Waals surface area contributed by atoms with Crippen LogP contribution in [0.1, 0.15) is 45.6 Å². The summed E-state index contributed by atoms with van der Waals surface area (Å²) >= 11 is 0. The third kappa shape index (κ3) is 6.25. The molecule has 6 heteroatoms. The topological polar surface area (TPSA) is 44.4 Å². The largest absolute Gasteiger partial charge is 0.324 e. The van der Waals surface area contributed by atoms with E-state index < -0.39 is 5.54 Å². The third-order valence-corrected chi connectivity index (χ3v) is 4.61. The number of hydrogen-bond donors (Lipinski definition) is 2. The zero-order valence-electron chi connectivity index (χ0n) is 14.9. The van der Waals surface area contributed by atoms with Gasteiger partial charge in [0.25, 0.3) is 0 Å². The van der Waals surface area contributed by atoms with Gasteiger partial charge in [-0.15, -0.1) is 24.8 Å². The number of nitrogens with one attached hydrogen (secondary N) is 2. The van der Waals surface area contributed by atoms with Crippen molar-refractivity contribution in [3.8, 4) is 0 Å². The molecule has 1 amide bonds. The maximum absolute atomic E-state index is 12.6. The number of carbonyl (C=O) groups is 1. The molecular formula is C18H31Cl2N3O. The van der Waals surface area contributed by atoms with Gasteiger partial charge >= 0.3 is 0 Å². The Kier molecular flexibility index (Phi) is 10.6. The lowest BCUT2D eigenvalue weighted by molar-refractivity contribution is -0.122. The van der Waals surface area contributed by atoms with Gasteiger partial charge in [0.15, 0.2) is 0 Å². The summed E-state index contributed by atoms with van der Waals surface area (Å²) in [5, 5.41) is 6.44. The quantitative estimate of drug-likeness (QED) is 0.793. The van der Waals surface area contributed by atoms with Crippen molar-refractivity contribution in [3.63, 3.8) is 0 Å². The van der Waals surface area contributed by atoms with Crippen LogP contribution in [0.3, 0.4) is 0 Å². The van der Waals surface area contributed by atoms with Crippen LogP contribution >= 0.6 is 24.8 Å². The zero-order chi connectivity index (χ0) is 16.0. The van der Waals surface area contributed by atoms with Crippen LogP contribution in [0.15, 0.2) is 24.3 Å². The van der Waals surface area contributed by atoms with Gasteiger partial charge < -0.3 is 10.6 Å². The van der Waals surface area contributed by atoms with Crippen molar-refractivity contribution in [2.24, 2.45) is 0 Å². The molecule has 1 fully saturated rings. The van der Waals surface area contributed by atoms with E-state index in [-0.39, 0.29) is 30.7 Å². The second kappa shape index (κ2) is 10.9. The highest BCUT2D eigenvalue weighted by Gasteiger charge is 2.34. The van der Waals surface area contributed by atoms with Gasteiger partial charge in [-0.1, -0.05) is 26.0 Å². The highest BCUT2D eigenvalue weighted by atomic mass is 35.5. The van der Waals surface area contributed by atoms with Crippen molar-refractivity contribution in [3.05, 3.63) is 29.8 Å². The first-order valence-corrected chi connectivity index (χ1v) is 8.45. The Morgan fingerprint density at radius 2 is 1.96 bits per heavy atom. The number of carbonyl (C=O) groups excluding carboxylic acids is 1. The van der Waals surface area contributed by atoms with Crippen molar-refractivity contribution in [2.75, 3.05) is 25.0 Å². The van der Waals surface area contributed by atoms with Crippen LogP contribution in [0.5, 0.6) is 0 Å². The van der Waals surface area contributed by atoms with Gasteiger partial charge in [0.1, 0.15) is 0 Å². The van der Waals surface area contributed by atoms with Crippen LogP contribution in [0.25, 0.3) is 0 Å². The molecule has 0 saturated carbocycles. The van der Waals surface area contributed by atoms with Gasteiger partial charge in [0, 0.05) is 12.2 Å². The fourth-order valence-corrected chi connectivity index (χ4v) is 2.97. The molecule has 1 aromatic rings. The summed E-state index contributed by atoms with van der Waals surface area (Å²) in [6.07, 6.45) is 3.17. The predicted octanol–water partition coefficient (Wildman–Crippen LogP) is 3.84. The van der Waals surface area contributed by atoms with Crippen molar-refractivity contribution in [2.45, 2.75) is 52.1 Å². The lowest BCUT2D eigenvalue weighted by Crippen LogP contribution is -2.54. The smallest absolute Gasteiger partial charge is 0.244 e. The molecule has 1 aliphatic rings. The molecule has 2 rings (SSSR count). The number of benzene rings is 1. The van der Waals surface area contributed by atoms with Gasteiger partial charge in [0.2, 0.25) is 5.91 Å². The maximum Gasteiger partial charge on any atom is 0.244 e. The number of hydrogen-bond acceptors (Lipinski definition) is 3. The summed E-state index contributed by atoms with van der Waals surface area (Å²) in [6.45, 7) is 10.3. The molecule has 1 heterocycles. The molecule has 0 bridgehead atoms. The molecule has 2 N–H and O–H groups in total. The lowest BCUT2D eigenvalue weighted by Gasteiger charge is -2.33. The standard InChI is InChI=1S/C18H29N3O.2ClH/c1-4-21(5-2)14-15-9-8-10-16(13-15)20-17(22)18(3)11-6-7-12-19-18;;/h8-10,13,19H,4-7,11-12,14H2,1-3H3,(H,20,22);2*1H. The van der Waals surface area contributed by atoms with E-state index in [2.05, 4.69) is 41.5 Å². The normalized spacial score (nSPS) is 20.0. The van der Waals surface area contributed by atoms with Crippen molar-refractivity contribution in [1.82, 2.24) is 10.2 Å². The van der Waals surface area contributed by atoms with Crippen molar-refractivity contribution in [1.29, 1.82) is 0 Å². The first-order chi connectivity index (χ1) is 10.6. The Morgan fingerprint density at radius 3 is 2.54 bits per heavy atom. The van der Waals surface area contributed by atoms with Crippen molar-refractivity contribution < 1.29 is 4.79 Å². The average molecular weight is 376 g/mol. The summed E-state index contributed by atoms with van der Waals surface area (Å²) in [5.74, 6) is 0.0761. The highest BCUT2D eigenvalue weighted by Crippen LogP contribution is 2.21. The number of amides is 1. The van der Waals surface area contributed by atoms with Gasteiger partial charge in [-0.3, -0.25) is 9.69 Å². The maximum atomic E-state index is 12.6. The predicted molar refractivity (Wildman–Crippen MR) is 106 cm³/mol. The van der Waals surface area contributed by atoms with E-state index in [1.54, 1.807) is 0 Å². The average Bonchev–Trinajstić information content (AvgIpc) is 2.53. The minimum absolute atomic E-state index is 0. The Hall–Kier alpha value is -0.810. The molecule has 1 atom stereocenters. The molecule has 0 aliphatic carbocycles. The van der Waals surface area contributed by atoms with Crippen LogP contribution < -0.4 is 10.6 Å². The Morgan fingerprint density at radius 1 is 1.25 bits per heavy atom. The number of anilines is 1. The molecule has 1 aromatic carbocycles. The molecule has 0 spiro atoms. The summed E-state index contributed by atoms with van der Waals surface area (Å²) in [4.78, 5) is 14.9. The van der Waals surface area contributed by atoms with E-state index in [1.165, 1.54) is 5.56 Å². The van der Waals surface area contributed by atoms with Gasteiger partial charge in [0.05, 0.1) is 5.54 Å². The van der Waals surface area contributed by atoms with Crippen LogP contribution in [-0.2, 0) is 11.3 Å². The molecule has 0 radical (unpaired) electrons. The lowest BCUT2D eigenvalue weighted by atomic mass is 9.90. The van der Waals surface area contributed by atoms with E-state index >= 15 is 0 Å². The summed E-state index contributed by atoms with van der Waals surface area (Å²) in [5.41, 5.74) is 1.69. The fourth-order valence-electron chi connectivity index (χ4n) is 2.97. The van der Waals surface area contributed by atoms with Crippen molar-refractivity contribution >= 4 is 36.4 Å². The second-order valence-corrected chi connectivity index (χ2v) is 6.33. The van der Waals surface area contributed by atoms with E-state index in [0.29, 0.717) is 0 Å². The SMILES string of the molecule is CCN(CC)Cc1cccc(NC(=O)C2(C)CCCCN2)c1.Cl.Cl. The molecule has 1 aliphatic heterocycles. The Labute approximate surface area is 158 Å². The van der Waals surface area contributed by atoms with Gasteiger partial charge in [-0.05, 0) is 63.5 Å². The first kappa shape index (κ1) is 23.2. The monoisotopic (exact) mass is 375 g/mol. The molecule has 1 saturated heterocycles. The zero-order valence-corrected chi connectivity index (χ0v) is 16.6. The summed E-state index contributed by atoms with van der Waals surface area (Å²) < 4.78 is 0. The second-order valence-electron chi connectivity index (χ2n) is 6.33. The minimum Gasteiger partial charge on any atom is -0.324 e. The van der Waals surface area contributed by atoms with E-state index in [9.17, 15) is 4.79 Å². The summed E-state index contributed by atoms with van der Waals surface area (Å²) in [6, 6.07) is 8.19. The van der Waals surface area contributed by atoms with E-state index in [1.807, 2.05) is 19.1 Å². The van der Waals surface area contributed by atoms with E-state index in [0.717, 1.165) is 51.1 Å². The molecular weight excluding hydrogens is 345 g/mol. The fraction of sp³-hybridized carbons (Fsp3) is 0.611. The number of rotatable bonds is 6. The van der Waals surface area contributed by atoms with Gasteiger partial charge in [-0.2, -0.15) is 0 Å². The van der Waals surface area contributed by atoms with E-state index in [4.69, 9.17) is 0 Å². The van der Waals surface area contributed by atoms with Crippen LogP contribution in [0, 0.1) is 0 Å². The van der Waals surface area contributed by atoms with Gasteiger partial charge in [-0.25, -0.2) is 0 Å².